The summed E-state index contributed by atoms with van der Waals surface area (Å²) in [5, 5.41) is 13.0. The number of nitrogens with one attached hydrogen (secondary N) is 1. The van der Waals surface area contributed by atoms with Crippen LogP contribution in [0.2, 0.25) is 0 Å². The van der Waals surface area contributed by atoms with Crippen LogP contribution < -0.4 is 10.7 Å². The third-order valence-electron chi connectivity index (χ3n) is 5.88. The number of carbonyl (C=O) groups excluding carboxylic acids is 2. The van der Waals surface area contributed by atoms with Crippen LogP contribution in [0.15, 0.2) is 29.2 Å². The van der Waals surface area contributed by atoms with E-state index in [1.165, 1.54) is 21.7 Å². The molecular weight excluding hydrogens is 424 g/mol. The van der Waals surface area contributed by atoms with Crippen LogP contribution in [0.3, 0.4) is 0 Å². The average Bonchev–Trinajstić information content (AvgIpc) is 3.16. The zero-order chi connectivity index (χ0) is 23.2. The summed E-state index contributed by atoms with van der Waals surface area (Å²) in [7, 11) is 0. The standard InChI is InChI=1S/C22H23F2N3O5/c1-11(2)16-10-32-17-9-26-8-14(19(28)20(29)18(26)22(31)27(16)17)21(30)25-6-5-12-3-4-13(23)7-15(12)24/h3-4,7-8,11,16-17,29H,5-6,9-10H2,1-2H3,(H,25,30). The molecule has 0 saturated carbocycles. The van der Waals surface area contributed by atoms with Crippen molar-refractivity contribution in [1.29, 1.82) is 0 Å². The maximum atomic E-state index is 13.7. The molecule has 2 unspecified atom stereocenters. The number of ether oxygens (including phenoxy) is 1. The number of aromatic nitrogens is 1. The second-order valence-electron chi connectivity index (χ2n) is 8.27. The number of carbonyl (C=O) groups is 2. The van der Waals surface area contributed by atoms with Crippen molar-refractivity contribution in [3.63, 3.8) is 0 Å². The summed E-state index contributed by atoms with van der Waals surface area (Å²) in [5.41, 5.74) is -1.27. The molecule has 2 atom stereocenters. The minimum absolute atomic E-state index is 0.0160. The van der Waals surface area contributed by atoms with E-state index in [1.54, 1.807) is 0 Å². The van der Waals surface area contributed by atoms with Crippen molar-refractivity contribution < 1.29 is 28.2 Å². The first kappa shape index (κ1) is 21.9. The summed E-state index contributed by atoms with van der Waals surface area (Å²) in [6.45, 7) is 4.41. The number of aromatic hydroxyl groups is 1. The fourth-order valence-electron chi connectivity index (χ4n) is 4.12. The van der Waals surface area contributed by atoms with E-state index < -0.39 is 40.9 Å². The highest BCUT2D eigenvalue weighted by atomic mass is 19.1. The van der Waals surface area contributed by atoms with Crippen molar-refractivity contribution in [3.05, 3.63) is 63.1 Å². The predicted molar refractivity (Wildman–Crippen MR) is 109 cm³/mol. The first-order valence-corrected chi connectivity index (χ1v) is 10.3. The van der Waals surface area contributed by atoms with Crippen molar-refractivity contribution in [2.75, 3.05) is 13.2 Å². The molecule has 4 rings (SSSR count). The Labute approximate surface area is 182 Å². The minimum atomic E-state index is -0.963. The first-order valence-electron chi connectivity index (χ1n) is 10.3. The topological polar surface area (TPSA) is 101 Å². The lowest BCUT2D eigenvalue weighted by Gasteiger charge is -2.35. The molecule has 8 nitrogen and oxygen atoms in total. The maximum absolute atomic E-state index is 13.7. The van der Waals surface area contributed by atoms with E-state index in [4.69, 9.17) is 4.74 Å². The summed E-state index contributed by atoms with van der Waals surface area (Å²) in [6.07, 6.45) is 0.754. The van der Waals surface area contributed by atoms with Crippen LogP contribution in [0.4, 0.5) is 8.78 Å². The van der Waals surface area contributed by atoms with E-state index in [9.17, 15) is 28.3 Å². The van der Waals surface area contributed by atoms with Crippen LogP contribution >= 0.6 is 0 Å². The highest BCUT2D eigenvalue weighted by Crippen LogP contribution is 2.32. The Morgan fingerprint density at radius 1 is 1.31 bits per heavy atom. The number of fused-ring (bicyclic) bond motifs is 2. The van der Waals surface area contributed by atoms with Crippen LogP contribution in [0.5, 0.6) is 5.75 Å². The quantitative estimate of drug-likeness (QED) is 0.726. The summed E-state index contributed by atoms with van der Waals surface area (Å²) in [5.74, 6) is -3.39. The number of rotatable bonds is 5. The molecule has 0 aliphatic carbocycles. The normalized spacial score (nSPS) is 19.8. The van der Waals surface area contributed by atoms with Gasteiger partial charge in [-0.05, 0) is 24.0 Å². The first-order chi connectivity index (χ1) is 15.2. The molecule has 3 heterocycles. The number of hydrogen-bond acceptors (Lipinski definition) is 5. The van der Waals surface area contributed by atoms with Gasteiger partial charge in [0.2, 0.25) is 5.43 Å². The number of pyridine rings is 1. The van der Waals surface area contributed by atoms with Crippen LogP contribution in [0.25, 0.3) is 0 Å². The van der Waals surface area contributed by atoms with E-state index in [0.29, 0.717) is 6.61 Å². The monoisotopic (exact) mass is 447 g/mol. The fraction of sp³-hybridized carbons (Fsp3) is 0.409. The molecule has 2 aliphatic heterocycles. The van der Waals surface area contributed by atoms with Crippen LogP contribution in [0, 0.1) is 17.6 Å². The lowest BCUT2D eigenvalue weighted by atomic mass is 10.0. The molecule has 2 amide bonds. The zero-order valence-corrected chi connectivity index (χ0v) is 17.6. The van der Waals surface area contributed by atoms with Crippen molar-refractivity contribution in [1.82, 2.24) is 14.8 Å². The van der Waals surface area contributed by atoms with Gasteiger partial charge in [0, 0.05) is 18.8 Å². The van der Waals surface area contributed by atoms with Crippen LogP contribution in [-0.4, -0.2) is 51.8 Å². The zero-order valence-electron chi connectivity index (χ0n) is 17.6. The fourth-order valence-corrected chi connectivity index (χ4v) is 4.12. The molecule has 0 bridgehead atoms. The van der Waals surface area contributed by atoms with Gasteiger partial charge in [0.25, 0.3) is 11.8 Å². The largest absolute Gasteiger partial charge is 0.503 e. The van der Waals surface area contributed by atoms with Gasteiger partial charge in [-0.2, -0.15) is 0 Å². The summed E-state index contributed by atoms with van der Waals surface area (Å²) in [6, 6.07) is 2.97. The molecule has 1 saturated heterocycles. The molecule has 0 spiro atoms. The Morgan fingerprint density at radius 3 is 2.75 bits per heavy atom. The van der Waals surface area contributed by atoms with Gasteiger partial charge in [-0.3, -0.25) is 14.4 Å². The Morgan fingerprint density at radius 2 is 2.06 bits per heavy atom. The van der Waals surface area contributed by atoms with Crippen LogP contribution in [-0.2, 0) is 17.7 Å². The SMILES string of the molecule is CC(C)C1COC2Cn3cc(C(=O)NCCc4ccc(F)cc4F)c(=O)c(O)c3C(=O)N21. The third-order valence-corrected chi connectivity index (χ3v) is 5.88. The van der Waals surface area contributed by atoms with E-state index in [1.807, 2.05) is 13.8 Å². The molecule has 2 N–H and O–H groups in total. The second kappa shape index (κ2) is 8.34. The van der Waals surface area contributed by atoms with E-state index in [0.717, 1.165) is 12.1 Å². The highest BCUT2D eigenvalue weighted by molar-refractivity contribution is 5.99. The lowest BCUT2D eigenvalue weighted by Crippen LogP contribution is -2.51. The summed E-state index contributed by atoms with van der Waals surface area (Å²) < 4.78 is 33.8. The minimum Gasteiger partial charge on any atom is -0.503 e. The van der Waals surface area contributed by atoms with Gasteiger partial charge in [-0.1, -0.05) is 19.9 Å². The molecule has 10 heteroatoms. The van der Waals surface area contributed by atoms with Gasteiger partial charge in [-0.15, -0.1) is 0 Å². The number of amides is 2. The Balaban J connectivity index is 1.54. The van der Waals surface area contributed by atoms with Gasteiger partial charge in [0.15, 0.2) is 17.7 Å². The maximum Gasteiger partial charge on any atom is 0.276 e. The van der Waals surface area contributed by atoms with Gasteiger partial charge >= 0.3 is 0 Å². The van der Waals surface area contributed by atoms with Crippen molar-refractivity contribution in [2.45, 2.75) is 39.1 Å². The van der Waals surface area contributed by atoms with Gasteiger partial charge in [0.05, 0.1) is 19.2 Å². The molecule has 1 aromatic carbocycles. The van der Waals surface area contributed by atoms with E-state index in [-0.39, 0.29) is 48.3 Å². The molecule has 32 heavy (non-hydrogen) atoms. The summed E-state index contributed by atoms with van der Waals surface area (Å²) in [4.78, 5) is 39.8. The average molecular weight is 447 g/mol. The smallest absolute Gasteiger partial charge is 0.276 e. The van der Waals surface area contributed by atoms with Gasteiger partial charge < -0.3 is 24.6 Å². The second-order valence-corrected chi connectivity index (χ2v) is 8.27. The molecule has 2 aromatic rings. The van der Waals surface area contributed by atoms with E-state index >= 15 is 0 Å². The Hall–Kier alpha value is -3.27. The highest BCUT2D eigenvalue weighted by Gasteiger charge is 2.45. The summed E-state index contributed by atoms with van der Waals surface area (Å²) >= 11 is 0. The molecule has 2 aliphatic rings. The van der Waals surface area contributed by atoms with E-state index in [2.05, 4.69) is 5.32 Å². The van der Waals surface area contributed by atoms with Crippen LogP contribution in [0.1, 0.15) is 40.3 Å². The molecule has 1 aromatic heterocycles. The molecular formula is C22H23F2N3O5. The van der Waals surface area contributed by atoms with Crippen molar-refractivity contribution in [2.24, 2.45) is 5.92 Å². The predicted octanol–water partition coefficient (Wildman–Crippen LogP) is 1.64. The number of benzene rings is 1. The van der Waals surface area contributed by atoms with Crippen molar-refractivity contribution >= 4 is 11.8 Å². The molecule has 0 radical (unpaired) electrons. The number of nitrogens with zero attached hydrogens (tertiary/aromatic N) is 2. The number of hydrogen-bond donors (Lipinski definition) is 2. The molecule has 1 fully saturated rings. The Kier molecular flexibility index (Phi) is 5.72. The van der Waals surface area contributed by atoms with Gasteiger partial charge in [-0.25, -0.2) is 8.78 Å². The van der Waals surface area contributed by atoms with Gasteiger partial charge in [0.1, 0.15) is 17.2 Å². The third kappa shape index (κ3) is 3.75. The lowest BCUT2D eigenvalue weighted by molar-refractivity contribution is 0.00429. The number of halogens is 2. The Bertz CT molecular complexity index is 1150. The molecule has 170 valence electrons. The van der Waals surface area contributed by atoms with Crippen molar-refractivity contribution in [3.8, 4) is 5.75 Å².